The van der Waals surface area contributed by atoms with E-state index in [-0.39, 0.29) is 6.10 Å². The number of rotatable bonds is 2. The molecule has 0 radical (unpaired) electrons. The summed E-state index contributed by atoms with van der Waals surface area (Å²) in [6.07, 6.45) is 4.22. The molecule has 54 valence electrons. The molecule has 2 atom stereocenters. The van der Waals surface area contributed by atoms with Gasteiger partial charge in [0, 0.05) is 0 Å². The van der Waals surface area contributed by atoms with Gasteiger partial charge in [-0.15, -0.1) is 0 Å². The maximum absolute atomic E-state index is 9.09. The molecule has 1 fully saturated rings. The van der Waals surface area contributed by atoms with Gasteiger partial charge in [0.05, 0.1) is 6.10 Å². The fourth-order valence-corrected chi connectivity index (χ4v) is 1.55. The first kappa shape index (κ1) is 7.03. The second-order valence-corrected chi connectivity index (χ2v) is 2.91. The Morgan fingerprint density at radius 2 is 2.22 bits per heavy atom. The van der Waals surface area contributed by atoms with E-state index in [1.165, 1.54) is 6.42 Å². The van der Waals surface area contributed by atoms with E-state index in [1.807, 2.05) is 0 Å². The number of aliphatic hydroxyl groups is 1. The molecule has 0 spiro atoms. The topological polar surface area (TPSA) is 46.2 Å². The lowest BCUT2D eigenvalue weighted by molar-refractivity contribution is 0.177. The van der Waals surface area contributed by atoms with Gasteiger partial charge in [-0.3, -0.25) is 0 Å². The predicted molar refractivity (Wildman–Crippen MR) is 37.0 cm³/mol. The highest BCUT2D eigenvalue weighted by atomic mass is 16.3. The van der Waals surface area contributed by atoms with E-state index in [0.717, 1.165) is 25.8 Å². The lowest BCUT2D eigenvalue weighted by Crippen LogP contribution is -2.06. The molecule has 0 bridgehead atoms. The van der Waals surface area contributed by atoms with Gasteiger partial charge in [0.2, 0.25) is 0 Å². The van der Waals surface area contributed by atoms with Crippen molar-refractivity contribution < 1.29 is 5.11 Å². The van der Waals surface area contributed by atoms with E-state index in [1.54, 1.807) is 0 Å². The molecule has 0 aliphatic heterocycles. The third-order valence-corrected chi connectivity index (χ3v) is 2.09. The summed E-state index contributed by atoms with van der Waals surface area (Å²) in [7, 11) is 0. The lowest BCUT2D eigenvalue weighted by Gasteiger charge is -2.04. The van der Waals surface area contributed by atoms with Crippen molar-refractivity contribution in [1.82, 2.24) is 0 Å². The molecule has 0 aromatic rings. The maximum atomic E-state index is 9.09. The predicted octanol–water partition coefficient (Wildman–Crippen LogP) is 0.496. The molecule has 1 saturated carbocycles. The van der Waals surface area contributed by atoms with Gasteiger partial charge in [0.25, 0.3) is 0 Å². The fraction of sp³-hybridized carbons (Fsp3) is 1.00. The van der Waals surface area contributed by atoms with Crippen LogP contribution in [0.5, 0.6) is 0 Å². The Morgan fingerprint density at radius 3 is 2.67 bits per heavy atom. The number of hydrogen-bond acceptors (Lipinski definition) is 2. The average molecular weight is 129 g/mol. The summed E-state index contributed by atoms with van der Waals surface area (Å²) in [5, 5.41) is 9.09. The third kappa shape index (κ3) is 1.95. The van der Waals surface area contributed by atoms with Crippen LogP contribution in [0.1, 0.15) is 25.7 Å². The quantitative estimate of drug-likeness (QED) is 0.570. The Labute approximate surface area is 56.1 Å². The summed E-state index contributed by atoms with van der Waals surface area (Å²) >= 11 is 0. The highest BCUT2D eigenvalue weighted by Gasteiger charge is 2.21. The molecular formula is C7H15NO. The van der Waals surface area contributed by atoms with Gasteiger partial charge >= 0.3 is 0 Å². The Morgan fingerprint density at radius 1 is 1.44 bits per heavy atom. The van der Waals surface area contributed by atoms with E-state index in [0.29, 0.717) is 5.92 Å². The normalized spacial score (nSPS) is 35.3. The molecule has 0 aromatic heterocycles. The first-order valence-electron chi connectivity index (χ1n) is 3.71. The van der Waals surface area contributed by atoms with Crippen molar-refractivity contribution in [3.05, 3.63) is 0 Å². The Balaban J connectivity index is 2.14. The van der Waals surface area contributed by atoms with Crippen molar-refractivity contribution in [3.63, 3.8) is 0 Å². The minimum Gasteiger partial charge on any atom is -0.393 e. The molecule has 0 amide bonds. The van der Waals surface area contributed by atoms with Gasteiger partial charge in [-0.05, 0) is 38.1 Å². The number of hydrogen-bond donors (Lipinski definition) is 2. The minimum absolute atomic E-state index is 0.0263. The minimum atomic E-state index is -0.0263. The van der Waals surface area contributed by atoms with Gasteiger partial charge in [-0.2, -0.15) is 0 Å². The van der Waals surface area contributed by atoms with Crippen LogP contribution in [-0.4, -0.2) is 17.8 Å². The van der Waals surface area contributed by atoms with Gasteiger partial charge < -0.3 is 10.8 Å². The van der Waals surface area contributed by atoms with Crippen LogP contribution >= 0.6 is 0 Å². The Hall–Kier alpha value is -0.0800. The van der Waals surface area contributed by atoms with E-state index in [2.05, 4.69) is 0 Å². The Bertz CT molecular complexity index is 83.0. The third-order valence-electron chi connectivity index (χ3n) is 2.09. The summed E-state index contributed by atoms with van der Waals surface area (Å²) in [5.41, 5.74) is 5.37. The average Bonchev–Trinajstić information content (AvgIpc) is 2.17. The molecule has 2 nitrogen and oxygen atoms in total. The van der Waals surface area contributed by atoms with Crippen LogP contribution in [0.3, 0.4) is 0 Å². The van der Waals surface area contributed by atoms with Crippen molar-refractivity contribution in [1.29, 1.82) is 0 Å². The van der Waals surface area contributed by atoms with E-state index in [4.69, 9.17) is 10.8 Å². The second kappa shape index (κ2) is 3.18. The smallest absolute Gasteiger partial charge is 0.0543 e. The van der Waals surface area contributed by atoms with Gasteiger partial charge in [0.1, 0.15) is 0 Å². The van der Waals surface area contributed by atoms with Crippen LogP contribution in [0.15, 0.2) is 0 Å². The van der Waals surface area contributed by atoms with Crippen LogP contribution in [0.25, 0.3) is 0 Å². The molecule has 1 aliphatic carbocycles. The number of nitrogens with two attached hydrogens (primary N) is 1. The van der Waals surface area contributed by atoms with Crippen molar-refractivity contribution in [3.8, 4) is 0 Å². The van der Waals surface area contributed by atoms with Crippen LogP contribution in [0.2, 0.25) is 0 Å². The van der Waals surface area contributed by atoms with Crippen molar-refractivity contribution >= 4 is 0 Å². The monoisotopic (exact) mass is 129 g/mol. The molecule has 9 heavy (non-hydrogen) atoms. The van der Waals surface area contributed by atoms with Crippen molar-refractivity contribution in [2.24, 2.45) is 11.7 Å². The zero-order chi connectivity index (χ0) is 6.69. The first-order chi connectivity index (χ1) is 4.33. The number of aliphatic hydroxyl groups excluding tert-OH is 1. The molecule has 0 saturated heterocycles. The summed E-state index contributed by atoms with van der Waals surface area (Å²) in [5.74, 6) is 0.713. The summed E-state index contributed by atoms with van der Waals surface area (Å²) in [6.45, 7) is 0.775. The molecule has 0 aromatic carbocycles. The van der Waals surface area contributed by atoms with Crippen LogP contribution in [0.4, 0.5) is 0 Å². The van der Waals surface area contributed by atoms with Crippen LogP contribution in [0, 0.1) is 5.92 Å². The molecule has 1 rings (SSSR count). The maximum Gasteiger partial charge on any atom is 0.0543 e. The molecule has 1 aliphatic rings. The summed E-state index contributed by atoms with van der Waals surface area (Å²) in [6, 6.07) is 0. The van der Waals surface area contributed by atoms with E-state index < -0.39 is 0 Å². The Kier molecular flexibility index (Phi) is 2.49. The molecule has 0 unspecified atom stereocenters. The summed E-state index contributed by atoms with van der Waals surface area (Å²) < 4.78 is 0. The van der Waals surface area contributed by atoms with Crippen LogP contribution in [-0.2, 0) is 0 Å². The second-order valence-electron chi connectivity index (χ2n) is 2.91. The van der Waals surface area contributed by atoms with E-state index >= 15 is 0 Å². The van der Waals surface area contributed by atoms with Crippen molar-refractivity contribution in [2.45, 2.75) is 31.8 Å². The molecule has 2 heteroatoms. The molecule has 3 N–H and O–H groups in total. The van der Waals surface area contributed by atoms with Gasteiger partial charge in [0.15, 0.2) is 0 Å². The van der Waals surface area contributed by atoms with Gasteiger partial charge in [-0.25, -0.2) is 0 Å². The van der Waals surface area contributed by atoms with Gasteiger partial charge in [-0.1, -0.05) is 0 Å². The van der Waals surface area contributed by atoms with Crippen LogP contribution < -0.4 is 5.73 Å². The zero-order valence-electron chi connectivity index (χ0n) is 5.71. The van der Waals surface area contributed by atoms with E-state index in [9.17, 15) is 0 Å². The SMILES string of the molecule is NCC[C@H]1CC[C@@H](O)C1. The standard InChI is InChI=1S/C7H15NO/c8-4-3-6-1-2-7(9)5-6/h6-7,9H,1-5,8H2/t6-,7-/m1/s1. The fourth-order valence-electron chi connectivity index (χ4n) is 1.55. The first-order valence-corrected chi connectivity index (χ1v) is 3.71. The molecule has 0 heterocycles. The highest BCUT2D eigenvalue weighted by Crippen LogP contribution is 2.27. The lowest BCUT2D eigenvalue weighted by atomic mass is 10.0. The zero-order valence-corrected chi connectivity index (χ0v) is 5.71. The summed E-state index contributed by atoms with van der Waals surface area (Å²) in [4.78, 5) is 0. The largest absolute Gasteiger partial charge is 0.393 e. The molecular weight excluding hydrogens is 114 g/mol. The highest BCUT2D eigenvalue weighted by molar-refractivity contribution is 4.74. The van der Waals surface area contributed by atoms with Crippen molar-refractivity contribution in [2.75, 3.05) is 6.54 Å².